The second kappa shape index (κ2) is 8.73. The fourth-order valence-electron chi connectivity index (χ4n) is 2.50. The quantitative estimate of drug-likeness (QED) is 0.177. The molecule has 12 nitrogen and oxygen atoms in total. The highest BCUT2D eigenvalue weighted by Gasteiger charge is 2.54. The molecule has 28 heavy (non-hydrogen) atoms. The number of aliphatic hydroxyl groups excluding tert-OH is 1. The molecule has 0 bridgehead atoms. The van der Waals surface area contributed by atoms with E-state index in [9.17, 15) is 29.2 Å². The SMILES string of the molecule is CCC(O)=C(N=O)C(=O)N[C@@H]1C(=O)N2C(OC(=O)O)=C(COC(C)=O)CS[C@@H]12. The molecule has 0 aliphatic carbocycles. The number of β-lactam (4-membered cyclic amide) rings is 1. The van der Waals surface area contributed by atoms with Crippen LogP contribution in [0.5, 0.6) is 0 Å². The van der Waals surface area contributed by atoms with Crippen LogP contribution in [0, 0.1) is 4.91 Å². The summed E-state index contributed by atoms with van der Waals surface area (Å²) in [5, 5.41) is 22.6. The molecule has 2 heterocycles. The van der Waals surface area contributed by atoms with Gasteiger partial charge in [-0.2, -0.15) is 0 Å². The van der Waals surface area contributed by atoms with Crippen molar-refractivity contribution in [3.8, 4) is 0 Å². The third-order valence-corrected chi connectivity index (χ3v) is 5.17. The number of carbonyl (C=O) groups is 4. The van der Waals surface area contributed by atoms with Crippen LogP contribution in [0.15, 0.2) is 28.1 Å². The van der Waals surface area contributed by atoms with Crippen molar-refractivity contribution in [3.63, 3.8) is 0 Å². The molecule has 0 aromatic heterocycles. The Morgan fingerprint density at radius 2 is 2.04 bits per heavy atom. The fourth-order valence-corrected chi connectivity index (χ4v) is 3.80. The summed E-state index contributed by atoms with van der Waals surface area (Å²) in [5.74, 6) is -2.94. The average molecular weight is 415 g/mol. The highest BCUT2D eigenvalue weighted by molar-refractivity contribution is 8.00. The summed E-state index contributed by atoms with van der Waals surface area (Å²) in [5.41, 5.74) is -0.460. The fraction of sp³-hybridized carbons (Fsp3) is 0.467. The van der Waals surface area contributed by atoms with Crippen LogP contribution in [-0.4, -0.2) is 62.8 Å². The molecule has 0 aromatic rings. The van der Waals surface area contributed by atoms with Crippen LogP contribution in [0.25, 0.3) is 0 Å². The van der Waals surface area contributed by atoms with Gasteiger partial charge in [0.15, 0.2) is 0 Å². The van der Waals surface area contributed by atoms with Crippen molar-refractivity contribution in [2.24, 2.45) is 5.18 Å². The largest absolute Gasteiger partial charge is 0.512 e. The van der Waals surface area contributed by atoms with Crippen LogP contribution in [0.1, 0.15) is 20.3 Å². The monoisotopic (exact) mass is 415 g/mol. The molecule has 0 unspecified atom stereocenters. The molecule has 0 spiro atoms. The minimum absolute atomic E-state index is 0.00371. The highest BCUT2D eigenvalue weighted by atomic mass is 32.2. The Hall–Kier alpha value is -3.09. The smallest absolute Gasteiger partial charge is 0.510 e. The first-order chi connectivity index (χ1) is 13.2. The maximum absolute atomic E-state index is 12.5. The Balaban J connectivity index is 2.20. The maximum Gasteiger partial charge on any atom is 0.512 e. The van der Waals surface area contributed by atoms with E-state index in [1.54, 1.807) is 0 Å². The van der Waals surface area contributed by atoms with Crippen molar-refractivity contribution in [3.05, 3.63) is 27.8 Å². The predicted octanol–water partition coefficient (Wildman–Crippen LogP) is 0.802. The molecule has 2 atom stereocenters. The van der Waals surface area contributed by atoms with E-state index in [2.05, 4.69) is 15.2 Å². The average Bonchev–Trinajstić information content (AvgIpc) is 2.64. The van der Waals surface area contributed by atoms with Crippen LogP contribution < -0.4 is 5.32 Å². The summed E-state index contributed by atoms with van der Waals surface area (Å²) in [6.07, 6.45) is -1.67. The van der Waals surface area contributed by atoms with Gasteiger partial charge in [-0.15, -0.1) is 16.7 Å². The maximum atomic E-state index is 12.5. The number of allylic oxidation sites excluding steroid dienone is 1. The number of ether oxygens (including phenoxy) is 2. The lowest BCUT2D eigenvalue weighted by atomic mass is 10.1. The minimum Gasteiger partial charge on any atom is -0.510 e. The lowest BCUT2D eigenvalue weighted by Gasteiger charge is -2.49. The summed E-state index contributed by atoms with van der Waals surface area (Å²) < 4.78 is 9.52. The molecule has 152 valence electrons. The topological polar surface area (TPSA) is 172 Å². The van der Waals surface area contributed by atoms with E-state index in [4.69, 9.17) is 9.84 Å². The van der Waals surface area contributed by atoms with E-state index in [-0.39, 0.29) is 30.2 Å². The van der Waals surface area contributed by atoms with Gasteiger partial charge in [-0.25, -0.2) is 4.79 Å². The molecular formula is C15H17N3O9S. The number of rotatable bonds is 7. The summed E-state index contributed by atoms with van der Waals surface area (Å²) in [7, 11) is 0. The van der Waals surface area contributed by atoms with Gasteiger partial charge in [-0.05, 0) is 5.18 Å². The zero-order chi connectivity index (χ0) is 21.0. The number of nitroso groups, excluding NO2 is 1. The number of nitrogens with zero attached hydrogens (tertiary/aromatic N) is 2. The van der Waals surface area contributed by atoms with Crippen molar-refractivity contribution in [2.45, 2.75) is 31.7 Å². The first-order valence-electron chi connectivity index (χ1n) is 7.98. The van der Waals surface area contributed by atoms with Gasteiger partial charge in [-0.3, -0.25) is 19.3 Å². The molecule has 2 rings (SSSR count). The Morgan fingerprint density at radius 3 is 2.57 bits per heavy atom. The van der Waals surface area contributed by atoms with Crippen LogP contribution >= 0.6 is 11.8 Å². The number of esters is 1. The summed E-state index contributed by atoms with van der Waals surface area (Å²) >= 11 is 1.17. The Kier molecular flexibility index (Phi) is 6.62. The molecule has 0 saturated carbocycles. The molecular weight excluding hydrogens is 398 g/mol. The van der Waals surface area contributed by atoms with Crippen molar-refractivity contribution < 1.29 is 38.9 Å². The summed E-state index contributed by atoms with van der Waals surface area (Å²) in [4.78, 5) is 58.3. The number of carbonyl (C=O) groups excluding carboxylic acids is 3. The van der Waals surface area contributed by atoms with E-state index >= 15 is 0 Å². The standard InChI is InChI=1S/C15H17N3O9S/c1-3-8(20)9(17-25)11(21)16-10-12(22)18-13(27-15(23)24)7(4-26-6(2)19)5-28-14(10)18/h10,14,20H,3-5H2,1-2H3,(H,16,21)(H,23,24)/t10-,14+/m1/s1. The van der Waals surface area contributed by atoms with Gasteiger partial charge in [0.1, 0.15) is 23.8 Å². The number of hydrogen-bond donors (Lipinski definition) is 3. The van der Waals surface area contributed by atoms with Crippen molar-refractivity contribution in [1.82, 2.24) is 10.2 Å². The minimum atomic E-state index is -1.66. The molecule has 0 aromatic carbocycles. The van der Waals surface area contributed by atoms with Crippen LogP contribution in [0.4, 0.5) is 4.79 Å². The van der Waals surface area contributed by atoms with Gasteiger partial charge >= 0.3 is 12.1 Å². The predicted molar refractivity (Wildman–Crippen MR) is 93.5 cm³/mol. The van der Waals surface area contributed by atoms with Gasteiger partial charge in [0.25, 0.3) is 11.8 Å². The van der Waals surface area contributed by atoms with Gasteiger partial charge in [0.05, 0.1) is 0 Å². The summed E-state index contributed by atoms with van der Waals surface area (Å²) in [6.45, 7) is 2.42. The van der Waals surface area contributed by atoms with Gasteiger partial charge < -0.3 is 25.0 Å². The molecule has 1 saturated heterocycles. The number of thioether (sulfide) groups is 1. The Morgan fingerprint density at radius 1 is 1.36 bits per heavy atom. The number of fused-ring (bicyclic) bond motifs is 1. The number of hydrogen-bond acceptors (Lipinski definition) is 10. The zero-order valence-corrected chi connectivity index (χ0v) is 15.6. The number of aliphatic hydroxyl groups is 1. The molecule has 1 fully saturated rings. The number of carboxylic acid groups (broad SMARTS) is 1. The lowest BCUT2D eigenvalue weighted by Crippen LogP contribution is -2.70. The number of amides is 2. The van der Waals surface area contributed by atoms with Gasteiger partial charge in [0.2, 0.25) is 11.6 Å². The van der Waals surface area contributed by atoms with Crippen LogP contribution in [0.3, 0.4) is 0 Å². The second-order valence-electron chi connectivity index (χ2n) is 5.66. The van der Waals surface area contributed by atoms with Crippen LogP contribution in [0.2, 0.25) is 0 Å². The van der Waals surface area contributed by atoms with Crippen molar-refractivity contribution >= 4 is 35.7 Å². The van der Waals surface area contributed by atoms with Crippen molar-refractivity contribution in [2.75, 3.05) is 12.4 Å². The van der Waals surface area contributed by atoms with E-state index in [0.29, 0.717) is 0 Å². The summed E-state index contributed by atoms with van der Waals surface area (Å²) in [6, 6.07) is -1.08. The first-order valence-corrected chi connectivity index (χ1v) is 9.03. The number of nitrogens with one attached hydrogen (secondary N) is 1. The third-order valence-electron chi connectivity index (χ3n) is 3.83. The van der Waals surface area contributed by atoms with Crippen molar-refractivity contribution in [1.29, 1.82) is 0 Å². The van der Waals surface area contributed by atoms with E-state index in [0.717, 1.165) is 4.90 Å². The highest BCUT2D eigenvalue weighted by Crippen LogP contribution is 2.40. The Labute approximate surface area is 162 Å². The zero-order valence-electron chi connectivity index (χ0n) is 14.8. The molecule has 2 aliphatic heterocycles. The normalized spacial score (nSPS) is 21.8. The van der Waals surface area contributed by atoms with E-state index in [1.807, 2.05) is 0 Å². The third kappa shape index (κ3) is 4.24. The lowest BCUT2D eigenvalue weighted by molar-refractivity contribution is -0.148. The first kappa shape index (κ1) is 21.2. The molecule has 2 amide bonds. The van der Waals surface area contributed by atoms with Gasteiger partial charge in [-0.1, -0.05) is 6.92 Å². The second-order valence-corrected chi connectivity index (χ2v) is 6.76. The molecule has 13 heteroatoms. The molecule has 0 radical (unpaired) electrons. The molecule has 3 N–H and O–H groups in total. The van der Waals surface area contributed by atoms with E-state index < -0.39 is 46.8 Å². The van der Waals surface area contributed by atoms with E-state index in [1.165, 1.54) is 25.6 Å². The Bertz CT molecular complexity index is 792. The van der Waals surface area contributed by atoms with Crippen LogP contribution in [-0.2, 0) is 23.9 Å². The molecule has 2 aliphatic rings. The van der Waals surface area contributed by atoms with Gasteiger partial charge in [0, 0.05) is 24.7 Å².